The molecule has 1 fully saturated rings. The van der Waals surface area contributed by atoms with Crippen LogP contribution in [0.25, 0.3) is 5.65 Å². The normalized spacial score (nSPS) is 17.0. The van der Waals surface area contributed by atoms with Gasteiger partial charge < -0.3 is 9.30 Å². The molecule has 0 N–H and O–H groups in total. The number of fused-ring (bicyclic) bond motifs is 1. The number of nitrogens with zero attached hydrogens (tertiary/aromatic N) is 3. The number of rotatable bonds is 6. The fraction of sp³-hybridized carbons (Fsp3) is 0.429. The molecule has 0 aromatic carbocycles. The molecule has 1 aliphatic rings. The van der Waals surface area contributed by atoms with E-state index in [1.807, 2.05) is 23.7 Å². The van der Waals surface area contributed by atoms with Crippen molar-refractivity contribution in [2.75, 3.05) is 0 Å². The van der Waals surface area contributed by atoms with Crippen LogP contribution in [0.15, 0.2) is 48.2 Å². The van der Waals surface area contributed by atoms with Crippen LogP contribution in [0.3, 0.4) is 0 Å². The SMILES string of the molecule is CC[C@H](C)C(=O)N(Cc1ccn2ccnc2c1)C1(c2cccs2)CCC1. The van der Waals surface area contributed by atoms with E-state index in [1.54, 1.807) is 17.5 Å². The number of thiophene rings is 1. The van der Waals surface area contributed by atoms with Gasteiger partial charge in [-0.2, -0.15) is 0 Å². The van der Waals surface area contributed by atoms with Crippen LogP contribution in [0.1, 0.15) is 50.0 Å². The van der Waals surface area contributed by atoms with Gasteiger partial charge in [0.2, 0.25) is 5.91 Å². The summed E-state index contributed by atoms with van der Waals surface area (Å²) in [5.41, 5.74) is 1.94. The molecule has 136 valence electrons. The molecule has 26 heavy (non-hydrogen) atoms. The summed E-state index contributed by atoms with van der Waals surface area (Å²) >= 11 is 1.77. The second-order valence-electron chi connectivity index (χ2n) is 7.32. The maximum Gasteiger partial charge on any atom is 0.226 e. The van der Waals surface area contributed by atoms with Crippen LogP contribution in [-0.2, 0) is 16.9 Å². The predicted octanol–water partition coefficient (Wildman–Crippen LogP) is 4.85. The molecule has 0 saturated heterocycles. The zero-order valence-corrected chi connectivity index (χ0v) is 16.2. The van der Waals surface area contributed by atoms with Crippen LogP contribution in [0.5, 0.6) is 0 Å². The zero-order chi connectivity index (χ0) is 18.1. The maximum atomic E-state index is 13.3. The number of carbonyl (C=O) groups is 1. The van der Waals surface area contributed by atoms with Crippen LogP contribution >= 0.6 is 11.3 Å². The van der Waals surface area contributed by atoms with Gasteiger partial charge in [0.05, 0.1) is 5.54 Å². The Hall–Kier alpha value is -2.14. The highest BCUT2D eigenvalue weighted by atomic mass is 32.1. The van der Waals surface area contributed by atoms with Gasteiger partial charge in [0, 0.05) is 35.9 Å². The van der Waals surface area contributed by atoms with E-state index >= 15 is 0 Å². The summed E-state index contributed by atoms with van der Waals surface area (Å²) in [5, 5.41) is 2.12. The van der Waals surface area contributed by atoms with Crippen molar-refractivity contribution in [3.8, 4) is 0 Å². The van der Waals surface area contributed by atoms with E-state index in [0.29, 0.717) is 6.54 Å². The number of hydrogen-bond acceptors (Lipinski definition) is 3. The number of carbonyl (C=O) groups excluding carboxylic acids is 1. The van der Waals surface area contributed by atoms with Crippen molar-refractivity contribution in [3.63, 3.8) is 0 Å². The lowest BCUT2D eigenvalue weighted by molar-refractivity contribution is -0.147. The van der Waals surface area contributed by atoms with Crippen molar-refractivity contribution in [3.05, 3.63) is 58.7 Å². The fourth-order valence-corrected chi connectivity index (χ4v) is 4.81. The molecular formula is C21H25N3OS. The van der Waals surface area contributed by atoms with Gasteiger partial charge >= 0.3 is 0 Å². The molecule has 0 unspecified atom stereocenters. The lowest BCUT2D eigenvalue weighted by Crippen LogP contribution is -2.54. The molecule has 1 atom stereocenters. The highest BCUT2D eigenvalue weighted by molar-refractivity contribution is 7.10. The third-order valence-corrected chi connectivity index (χ3v) is 6.84. The van der Waals surface area contributed by atoms with E-state index in [1.165, 1.54) is 11.3 Å². The molecule has 0 aliphatic heterocycles. The minimum atomic E-state index is -0.129. The lowest BCUT2D eigenvalue weighted by Gasteiger charge is -2.50. The second-order valence-corrected chi connectivity index (χ2v) is 8.27. The van der Waals surface area contributed by atoms with Gasteiger partial charge in [-0.25, -0.2) is 4.98 Å². The van der Waals surface area contributed by atoms with Crippen LogP contribution in [0.4, 0.5) is 0 Å². The van der Waals surface area contributed by atoms with Crippen LogP contribution in [-0.4, -0.2) is 20.2 Å². The Morgan fingerprint density at radius 2 is 2.23 bits per heavy atom. The summed E-state index contributed by atoms with van der Waals surface area (Å²) < 4.78 is 2.00. The summed E-state index contributed by atoms with van der Waals surface area (Å²) in [6, 6.07) is 8.49. The summed E-state index contributed by atoms with van der Waals surface area (Å²) in [6.45, 7) is 4.79. The monoisotopic (exact) mass is 367 g/mol. The average molecular weight is 368 g/mol. The lowest BCUT2D eigenvalue weighted by atomic mass is 9.73. The molecule has 0 spiro atoms. The molecule has 1 amide bonds. The van der Waals surface area contributed by atoms with Gasteiger partial charge in [-0.15, -0.1) is 11.3 Å². The van der Waals surface area contributed by atoms with Gasteiger partial charge in [-0.05, 0) is 54.8 Å². The van der Waals surface area contributed by atoms with Crippen molar-refractivity contribution in [2.45, 2.75) is 51.6 Å². The van der Waals surface area contributed by atoms with E-state index in [2.05, 4.69) is 46.5 Å². The second kappa shape index (κ2) is 6.88. The molecule has 3 heterocycles. The van der Waals surface area contributed by atoms with Crippen molar-refractivity contribution in [1.29, 1.82) is 0 Å². The van der Waals surface area contributed by atoms with E-state index in [4.69, 9.17) is 0 Å². The van der Waals surface area contributed by atoms with E-state index in [0.717, 1.165) is 30.5 Å². The smallest absolute Gasteiger partial charge is 0.226 e. The largest absolute Gasteiger partial charge is 0.328 e. The molecule has 4 rings (SSSR count). The number of hydrogen-bond donors (Lipinski definition) is 0. The first kappa shape index (κ1) is 17.3. The Morgan fingerprint density at radius 1 is 1.38 bits per heavy atom. The average Bonchev–Trinajstić information content (AvgIpc) is 3.30. The summed E-state index contributed by atoms with van der Waals surface area (Å²) in [7, 11) is 0. The fourth-order valence-electron chi connectivity index (χ4n) is 3.82. The Labute approximate surface area is 158 Å². The van der Waals surface area contributed by atoms with Gasteiger partial charge in [0.1, 0.15) is 5.65 Å². The number of pyridine rings is 1. The molecule has 3 aromatic rings. The maximum absolute atomic E-state index is 13.3. The quantitative estimate of drug-likeness (QED) is 0.624. The van der Waals surface area contributed by atoms with E-state index in [9.17, 15) is 4.79 Å². The van der Waals surface area contributed by atoms with Crippen molar-refractivity contribution >= 4 is 22.9 Å². The number of aromatic nitrogens is 2. The molecule has 0 bridgehead atoms. The van der Waals surface area contributed by atoms with Gasteiger partial charge in [-0.3, -0.25) is 4.79 Å². The summed E-state index contributed by atoms with van der Waals surface area (Å²) in [5.74, 6) is 0.311. The molecule has 1 aliphatic carbocycles. The van der Waals surface area contributed by atoms with Gasteiger partial charge in [0.25, 0.3) is 0 Å². The highest BCUT2D eigenvalue weighted by Crippen LogP contribution is 2.49. The van der Waals surface area contributed by atoms with E-state index in [-0.39, 0.29) is 17.4 Å². The minimum Gasteiger partial charge on any atom is -0.328 e. The van der Waals surface area contributed by atoms with Crippen molar-refractivity contribution in [2.24, 2.45) is 5.92 Å². The molecule has 0 radical (unpaired) electrons. The standard InChI is InChI=1S/C21H25N3OS/c1-3-16(2)20(25)24(21(8-5-9-21)18-6-4-13-26-18)15-17-7-11-23-12-10-22-19(23)14-17/h4,6-7,10-14,16H,3,5,8-9,15H2,1-2H3/t16-/m0/s1. The summed E-state index contributed by atoms with van der Waals surface area (Å²) in [6.07, 6.45) is 9.95. The topological polar surface area (TPSA) is 37.6 Å². The predicted molar refractivity (Wildman–Crippen MR) is 105 cm³/mol. The third-order valence-electron chi connectivity index (χ3n) is 5.78. The van der Waals surface area contributed by atoms with Gasteiger partial charge in [0.15, 0.2) is 0 Å². The number of imidazole rings is 1. The van der Waals surface area contributed by atoms with Gasteiger partial charge in [-0.1, -0.05) is 19.9 Å². The van der Waals surface area contributed by atoms with Crippen molar-refractivity contribution in [1.82, 2.24) is 14.3 Å². The minimum absolute atomic E-state index is 0.0441. The van der Waals surface area contributed by atoms with Crippen LogP contribution < -0.4 is 0 Å². The first-order valence-electron chi connectivity index (χ1n) is 9.41. The third kappa shape index (κ3) is 2.84. The first-order chi connectivity index (χ1) is 12.6. The Morgan fingerprint density at radius 3 is 2.88 bits per heavy atom. The Balaban J connectivity index is 1.72. The molecule has 3 aromatic heterocycles. The highest BCUT2D eigenvalue weighted by Gasteiger charge is 2.47. The molecule has 1 saturated carbocycles. The van der Waals surface area contributed by atoms with Crippen LogP contribution in [0.2, 0.25) is 0 Å². The molecule has 4 nitrogen and oxygen atoms in total. The number of amides is 1. The zero-order valence-electron chi connectivity index (χ0n) is 15.4. The van der Waals surface area contributed by atoms with Crippen LogP contribution in [0, 0.1) is 5.92 Å². The first-order valence-corrected chi connectivity index (χ1v) is 10.3. The van der Waals surface area contributed by atoms with Crippen molar-refractivity contribution < 1.29 is 4.79 Å². The molecular weight excluding hydrogens is 342 g/mol. The Kier molecular flexibility index (Phi) is 4.57. The summed E-state index contributed by atoms with van der Waals surface area (Å²) in [4.78, 5) is 21.2. The van der Waals surface area contributed by atoms with E-state index < -0.39 is 0 Å². The molecule has 5 heteroatoms. The Bertz CT molecular complexity index is 895.